The highest BCUT2D eigenvalue weighted by molar-refractivity contribution is 4.84. The SMILES string of the molecule is CC(C)N1CCC(C(C)(C)CN)CC1. The maximum absolute atomic E-state index is 5.82. The van der Waals surface area contributed by atoms with E-state index < -0.39 is 0 Å². The first kappa shape index (κ1) is 12.0. The average Bonchev–Trinajstić information content (AvgIpc) is 2.18. The molecule has 1 saturated heterocycles. The van der Waals surface area contributed by atoms with Gasteiger partial charge >= 0.3 is 0 Å². The predicted octanol–water partition coefficient (Wildman–Crippen LogP) is 2.09. The highest BCUT2D eigenvalue weighted by Crippen LogP contribution is 2.34. The molecule has 2 nitrogen and oxygen atoms in total. The topological polar surface area (TPSA) is 29.3 Å². The number of hydrogen-bond donors (Lipinski definition) is 1. The molecule has 1 rings (SSSR count). The smallest absolute Gasteiger partial charge is 0.00385 e. The van der Waals surface area contributed by atoms with Crippen LogP contribution in [0.25, 0.3) is 0 Å². The van der Waals surface area contributed by atoms with Crippen molar-refractivity contribution in [2.75, 3.05) is 19.6 Å². The summed E-state index contributed by atoms with van der Waals surface area (Å²) in [5, 5.41) is 0. The Labute approximate surface area is 88.8 Å². The molecule has 0 radical (unpaired) electrons. The minimum absolute atomic E-state index is 0.336. The maximum Gasteiger partial charge on any atom is 0.00385 e. The van der Waals surface area contributed by atoms with Crippen molar-refractivity contribution < 1.29 is 0 Å². The highest BCUT2D eigenvalue weighted by atomic mass is 15.1. The number of nitrogens with two attached hydrogens (primary N) is 1. The second-order valence-corrected chi connectivity index (χ2v) is 5.60. The molecular formula is C12H26N2. The Morgan fingerprint density at radius 3 is 2.14 bits per heavy atom. The Morgan fingerprint density at radius 1 is 1.29 bits per heavy atom. The van der Waals surface area contributed by atoms with Gasteiger partial charge in [0.05, 0.1) is 0 Å². The van der Waals surface area contributed by atoms with Gasteiger partial charge in [-0.2, -0.15) is 0 Å². The Hall–Kier alpha value is -0.0800. The van der Waals surface area contributed by atoms with Gasteiger partial charge in [-0.25, -0.2) is 0 Å². The summed E-state index contributed by atoms with van der Waals surface area (Å²) in [4.78, 5) is 2.57. The van der Waals surface area contributed by atoms with Crippen LogP contribution in [0.15, 0.2) is 0 Å². The van der Waals surface area contributed by atoms with Crippen LogP contribution >= 0.6 is 0 Å². The molecule has 0 unspecified atom stereocenters. The first-order chi connectivity index (χ1) is 6.47. The quantitative estimate of drug-likeness (QED) is 0.752. The van der Waals surface area contributed by atoms with Crippen molar-refractivity contribution in [2.24, 2.45) is 17.1 Å². The van der Waals surface area contributed by atoms with E-state index >= 15 is 0 Å². The van der Waals surface area contributed by atoms with E-state index in [1.807, 2.05) is 0 Å². The summed E-state index contributed by atoms with van der Waals surface area (Å²) in [5.74, 6) is 0.822. The molecule has 0 aromatic carbocycles. The molecule has 84 valence electrons. The van der Waals surface area contributed by atoms with Crippen LogP contribution in [0.4, 0.5) is 0 Å². The van der Waals surface area contributed by atoms with Crippen LogP contribution in [0.5, 0.6) is 0 Å². The van der Waals surface area contributed by atoms with Gasteiger partial charge in [-0.1, -0.05) is 13.8 Å². The standard InChI is InChI=1S/C12H26N2/c1-10(2)14-7-5-11(6-8-14)12(3,4)9-13/h10-11H,5-9,13H2,1-4H3. The summed E-state index contributed by atoms with van der Waals surface area (Å²) in [6, 6.07) is 0.705. The summed E-state index contributed by atoms with van der Waals surface area (Å²) in [6.07, 6.45) is 2.64. The maximum atomic E-state index is 5.82. The number of likely N-dealkylation sites (tertiary alicyclic amines) is 1. The van der Waals surface area contributed by atoms with Crippen LogP contribution < -0.4 is 5.73 Å². The zero-order chi connectivity index (χ0) is 10.8. The molecule has 0 aromatic heterocycles. The fourth-order valence-electron chi connectivity index (χ4n) is 2.36. The molecule has 0 spiro atoms. The normalized spacial score (nSPS) is 21.9. The highest BCUT2D eigenvalue weighted by Gasteiger charge is 2.31. The third kappa shape index (κ3) is 2.71. The second kappa shape index (κ2) is 4.63. The van der Waals surface area contributed by atoms with E-state index in [9.17, 15) is 0 Å². The van der Waals surface area contributed by atoms with Crippen molar-refractivity contribution in [3.63, 3.8) is 0 Å². The predicted molar refractivity (Wildman–Crippen MR) is 62.3 cm³/mol. The van der Waals surface area contributed by atoms with E-state index in [4.69, 9.17) is 5.73 Å². The van der Waals surface area contributed by atoms with E-state index in [1.54, 1.807) is 0 Å². The molecule has 0 aromatic rings. The lowest BCUT2D eigenvalue weighted by Crippen LogP contribution is -2.44. The molecule has 1 aliphatic rings. The summed E-state index contributed by atoms with van der Waals surface area (Å²) in [6.45, 7) is 12.5. The fraction of sp³-hybridized carbons (Fsp3) is 1.00. The lowest BCUT2D eigenvalue weighted by molar-refractivity contribution is 0.0876. The van der Waals surface area contributed by atoms with Crippen LogP contribution in [-0.4, -0.2) is 30.6 Å². The summed E-state index contributed by atoms with van der Waals surface area (Å²) in [5.41, 5.74) is 6.15. The van der Waals surface area contributed by atoms with E-state index in [1.165, 1.54) is 25.9 Å². The van der Waals surface area contributed by atoms with E-state index in [-0.39, 0.29) is 0 Å². The molecule has 0 atom stereocenters. The summed E-state index contributed by atoms with van der Waals surface area (Å²) >= 11 is 0. The van der Waals surface area contributed by atoms with Crippen LogP contribution in [0, 0.1) is 11.3 Å². The second-order valence-electron chi connectivity index (χ2n) is 5.60. The Bertz CT molecular complexity index is 167. The van der Waals surface area contributed by atoms with Gasteiger partial charge in [0, 0.05) is 6.04 Å². The molecule has 0 aliphatic carbocycles. The number of hydrogen-bond acceptors (Lipinski definition) is 2. The molecule has 1 fully saturated rings. The zero-order valence-electron chi connectivity index (χ0n) is 10.2. The van der Waals surface area contributed by atoms with Crippen LogP contribution in [0.2, 0.25) is 0 Å². The lowest BCUT2D eigenvalue weighted by atomic mass is 9.73. The molecule has 2 N–H and O–H groups in total. The van der Waals surface area contributed by atoms with E-state index in [0.717, 1.165) is 12.5 Å². The van der Waals surface area contributed by atoms with Crippen molar-refractivity contribution in [1.29, 1.82) is 0 Å². The van der Waals surface area contributed by atoms with Crippen molar-refractivity contribution in [3.05, 3.63) is 0 Å². The van der Waals surface area contributed by atoms with Gasteiger partial charge in [-0.05, 0) is 57.7 Å². The lowest BCUT2D eigenvalue weighted by Gasteiger charge is -2.41. The molecule has 0 bridgehead atoms. The number of rotatable bonds is 3. The third-order valence-corrected chi connectivity index (χ3v) is 3.89. The number of piperidine rings is 1. The van der Waals surface area contributed by atoms with Crippen molar-refractivity contribution in [2.45, 2.75) is 46.6 Å². The fourth-order valence-corrected chi connectivity index (χ4v) is 2.36. The number of nitrogens with zero attached hydrogens (tertiary/aromatic N) is 1. The monoisotopic (exact) mass is 198 g/mol. The minimum Gasteiger partial charge on any atom is -0.330 e. The molecule has 1 heterocycles. The van der Waals surface area contributed by atoms with Crippen molar-refractivity contribution in [3.8, 4) is 0 Å². The first-order valence-corrected chi connectivity index (χ1v) is 5.91. The Kier molecular flexibility index (Phi) is 3.96. The van der Waals surface area contributed by atoms with Crippen LogP contribution in [0.1, 0.15) is 40.5 Å². The summed E-state index contributed by atoms with van der Waals surface area (Å²) in [7, 11) is 0. The van der Waals surface area contributed by atoms with Gasteiger partial charge in [0.1, 0.15) is 0 Å². The van der Waals surface area contributed by atoms with Crippen LogP contribution in [-0.2, 0) is 0 Å². The summed E-state index contributed by atoms with van der Waals surface area (Å²) < 4.78 is 0. The minimum atomic E-state index is 0.336. The zero-order valence-corrected chi connectivity index (χ0v) is 10.2. The molecule has 1 aliphatic heterocycles. The molecular weight excluding hydrogens is 172 g/mol. The van der Waals surface area contributed by atoms with Gasteiger partial charge in [0.25, 0.3) is 0 Å². The molecule has 0 amide bonds. The van der Waals surface area contributed by atoms with Crippen LogP contribution in [0.3, 0.4) is 0 Å². The van der Waals surface area contributed by atoms with Gasteiger partial charge < -0.3 is 10.6 Å². The van der Waals surface area contributed by atoms with E-state index in [0.29, 0.717) is 11.5 Å². The van der Waals surface area contributed by atoms with Crippen molar-refractivity contribution in [1.82, 2.24) is 4.90 Å². The average molecular weight is 198 g/mol. The van der Waals surface area contributed by atoms with Gasteiger partial charge in [0.2, 0.25) is 0 Å². The van der Waals surface area contributed by atoms with Crippen molar-refractivity contribution >= 4 is 0 Å². The molecule has 0 saturated carbocycles. The van der Waals surface area contributed by atoms with Gasteiger partial charge in [0.15, 0.2) is 0 Å². The van der Waals surface area contributed by atoms with Gasteiger partial charge in [-0.15, -0.1) is 0 Å². The largest absolute Gasteiger partial charge is 0.330 e. The van der Waals surface area contributed by atoms with E-state index in [2.05, 4.69) is 32.6 Å². The third-order valence-electron chi connectivity index (χ3n) is 3.89. The Morgan fingerprint density at radius 2 is 1.79 bits per heavy atom. The molecule has 2 heteroatoms. The molecule has 14 heavy (non-hydrogen) atoms. The first-order valence-electron chi connectivity index (χ1n) is 5.91. The Balaban J connectivity index is 2.43. The van der Waals surface area contributed by atoms with Gasteiger partial charge in [-0.3, -0.25) is 0 Å².